The topological polar surface area (TPSA) is 29.1 Å². The first kappa shape index (κ1) is 11.5. The molecule has 1 aliphatic rings. The van der Waals surface area contributed by atoms with Crippen molar-refractivity contribution in [1.29, 1.82) is 0 Å². The van der Waals surface area contributed by atoms with Gasteiger partial charge in [0.15, 0.2) is 0 Å². The lowest BCUT2D eigenvalue weighted by Crippen LogP contribution is -2.55. The third kappa shape index (κ3) is 3.01. The number of hydrogen-bond acceptors (Lipinski definition) is 2. The molecule has 2 rings (SSSR count). The van der Waals surface area contributed by atoms with Crippen molar-refractivity contribution in [3.63, 3.8) is 0 Å². The largest absolute Gasteiger partial charge is 0.349 e. The molecular weight excluding hydrogens is 218 g/mol. The van der Waals surface area contributed by atoms with E-state index >= 15 is 0 Å². The van der Waals surface area contributed by atoms with Gasteiger partial charge in [-0.2, -0.15) is 11.8 Å². The van der Waals surface area contributed by atoms with Crippen molar-refractivity contribution in [2.75, 3.05) is 11.5 Å². The minimum Gasteiger partial charge on any atom is -0.349 e. The van der Waals surface area contributed by atoms with Crippen molar-refractivity contribution in [3.05, 3.63) is 42.3 Å². The average molecular weight is 234 g/mol. The summed E-state index contributed by atoms with van der Waals surface area (Å²) in [6, 6.07) is 10.0. The highest BCUT2D eigenvalue weighted by Gasteiger charge is 2.33. The number of carbonyl (C=O) groups is 1. The summed E-state index contributed by atoms with van der Waals surface area (Å²) >= 11 is 1.87. The van der Waals surface area contributed by atoms with Gasteiger partial charge in [0.25, 0.3) is 0 Å². The van der Waals surface area contributed by atoms with Gasteiger partial charge in [-0.15, -0.1) is 0 Å². The molecule has 1 aliphatic heterocycles. The van der Waals surface area contributed by atoms with Gasteiger partial charge in [-0.25, -0.2) is 0 Å². The normalized spacial score (nSPS) is 17.6. The smallest absolute Gasteiger partial charge is 0.224 e. The maximum absolute atomic E-state index is 11.6. The zero-order valence-corrected chi connectivity index (χ0v) is 10.2. The van der Waals surface area contributed by atoms with Crippen LogP contribution in [0.2, 0.25) is 0 Å². The standard InChI is InChI=1S/C13H16NOS/c1-13(9-16-10-13)14-12(15)8-7-11-5-3-2-4-6-11/h2-6,8H,7,9-10H2,1H3,(H,14,15). The molecule has 1 saturated heterocycles. The highest BCUT2D eigenvalue weighted by molar-refractivity contribution is 8.00. The van der Waals surface area contributed by atoms with Crippen LogP contribution in [-0.2, 0) is 11.2 Å². The lowest BCUT2D eigenvalue weighted by Gasteiger charge is -2.38. The predicted octanol–water partition coefficient (Wildman–Crippen LogP) is 2.06. The third-order valence-corrected chi connectivity index (χ3v) is 4.31. The number of carbonyl (C=O) groups excluding carboxylic acids is 1. The van der Waals surface area contributed by atoms with Crippen LogP contribution in [0.25, 0.3) is 0 Å². The Balaban J connectivity index is 1.76. The van der Waals surface area contributed by atoms with Crippen molar-refractivity contribution in [2.24, 2.45) is 0 Å². The molecule has 1 radical (unpaired) electrons. The molecule has 1 amide bonds. The maximum atomic E-state index is 11.6. The second kappa shape index (κ2) is 4.91. The second-order valence-electron chi connectivity index (χ2n) is 4.44. The van der Waals surface area contributed by atoms with Crippen LogP contribution in [0.5, 0.6) is 0 Å². The number of nitrogens with one attached hydrogen (secondary N) is 1. The second-order valence-corrected chi connectivity index (χ2v) is 5.42. The van der Waals surface area contributed by atoms with Crippen LogP contribution in [0.3, 0.4) is 0 Å². The summed E-state index contributed by atoms with van der Waals surface area (Å²) in [6.07, 6.45) is 2.43. The van der Waals surface area contributed by atoms with Gasteiger partial charge in [-0.05, 0) is 18.9 Å². The summed E-state index contributed by atoms with van der Waals surface area (Å²) in [4.78, 5) is 11.6. The monoisotopic (exact) mass is 234 g/mol. The van der Waals surface area contributed by atoms with Gasteiger partial charge in [0.05, 0.1) is 12.0 Å². The molecule has 3 heteroatoms. The Morgan fingerprint density at radius 1 is 1.44 bits per heavy atom. The molecule has 0 spiro atoms. The fourth-order valence-electron chi connectivity index (χ4n) is 1.65. The van der Waals surface area contributed by atoms with Crippen LogP contribution < -0.4 is 5.32 Å². The molecule has 0 aliphatic carbocycles. The summed E-state index contributed by atoms with van der Waals surface area (Å²) in [5.41, 5.74) is 1.19. The molecule has 0 bridgehead atoms. The minimum absolute atomic E-state index is 0.0228. The fourth-order valence-corrected chi connectivity index (χ4v) is 2.61. The van der Waals surface area contributed by atoms with Crippen LogP contribution in [0.15, 0.2) is 30.3 Å². The van der Waals surface area contributed by atoms with Crippen molar-refractivity contribution < 1.29 is 4.79 Å². The van der Waals surface area contributed by atoms with Gasteiger partial charge in [0.1, 0.15) is 0 Å². The molecule has 1 fully saturated rings. The maximum Gasteiger partial charge on any atom is 0.224 e. The van der Waals surface area contributed by atoms with Crippen LogP contribution in [0.1, 0.15) is 12.5 Å². The highest BCUT2D eigenvalue weighted by atomic mass is 32.2. The molecule has 0 atom stereocenters. The number of hydrogen-bond donors (Lipinski definition) is 1. The van der Waals surface area contributed by atoms with E-state index < -0.39 is 0 Å². The zero-order valence-electron chi connectivity index (χ0n) is 9.40. The lowest BCUT2D eigenvalue weighted by atomic mass is 10.1. The Kier molecular flexibility index (Phi) is 3.54. The number of rotatable bonds is 4. The third-order valence-electron chi connectivity index (χ3n) is 2.63. The van der Waals surface area contributed by atoms with Crippen molar-refractivity contribution in [2.45, 2.75) is 18.9 Å². The summed E-state index contributed by atoms with van der Waals surface area (Å²) < 4.78 is 0. The minimum atomic E-state index is 0.0228. The summed E-state index contributed by atoms with van der Waals surface area (Å²) in [7, 11) is 0. The van der Waals surface area contributed by atoms with E-state index in [4.69, 9.17) is 0 Å². The molecule has 0 aromatic heterocycles. The first-order valence-electron chi connectivity index (χ1n) is 5.45. The van der Waals surface area contributed by atoms with E-state index in [2.05, 4.69) is 12.2 Å². The molecule has 0 unspecified atom stereocenters. The Hall–Kier alpha value is -0.960. The molecule has 0 saturated carbocycles. The summed E-state index contributed by atoms with van der Waals surface area (Å²) in [5.74, 6) is 2.10. The summed E-state index contributed by atoms with van der Waals surface area (Å²) in [5, 5.41) is 3.05. The van der Waals surface area contributed by atoms with E-state index in [1.54, 1.807) is 6.42 Å². The van der Waals surface area contributed by atoms with E-state index in [0.29, 0.717) is 6.42 Å². The highest BCUT2D eigenvalue weighted by Crippen LogP contribution is 2.28. The average Bonchev–Trinajstić information content (AvgIpc) is 2.26. The van der Waals surface area contributed by atoms with Crippen molar-refractivity contribution >= 4 is 17.7 Å². The quantitative estimate of drug-likeness (QED) is 0.864. The Bertz CT molecular complexity index is 359. The molecule has 1 aromatic rings. The Labute approximate surface area is 101 Å². The van der Waals surface area contributed by atoms with E-state index in [0.717, 1.165) is 11.5 Å². The SMILES string of the molecule is CC1(NC(=O)[CH]Cc2ccccc2)CSC1. The van der Waals surface area contributed by atoms with Gasteiger partial charge in [0.2, 0.25) is 5.91 Å². The summed E-state index contributed by atoms with van der Waals surface area (Å²) in [6.45, 7) is 2.09. The van der Waals surface area contributed by atoms with Crippen LogP contribution in [0.4, 0.5) is 0 Å². The Morgan fingerprint density at radius 3 is 2.69 bits per heavy atom. The van der Waals surface area contributed by atoms with Crippen molar-refractivity contribution in [1.82, 2.24) is 5.32 Å². The zero-order chi connectivity index (χ0) is 11.4. The number of amides is 1. The number of thioether (sulfide) groups is 1. The molecular formula is C13H16NOS. The van der Waals surface area contributed by atoms with Gasteiger partial charge >= 0.3 is 0 Å². The lowest BCUT2D eigenvalue weighted by molar-refractivity contribution is -0.119. The van der Waals surface area contributed by atoms with E-state index in [1.165, 1.54) is 5.56 Å². The predicted molar refractivity (Wildman–Crippen MR) is 68.3 cm³/mol. The van der Waals surface area contributed by atoms with Gasteiger partial charge in [-0.3, -0.25) is 4.79 Å². The molecule has 2 nitrogen and oxygen atoms in total. The van der Waals surface area contributed by atoms with Gasteiger partial charge < -0.3 is 5.32 Å². The van der Waals surface area contributed by atoms with E-state index in [9.17, 15) is 4.79 Å². The van der Waals surface area contributed by atoms with Crippen LogP contribution >= 0.6 is 11.8 Å². The van der Waals surface area contributed by atoms with E-state index in [1.807, 2.05) is 42.1 Å². The molecule has 85 valence electrons. The molecule has 1 N–H and O–H groups in total. The first-order chi connectivity index (χ1) is 7.68. The van der Waals surface area contributed by atoms with Crippen LogP contribution in [-0.4, -0.2) is 23.0 Å². The van der Waals surface area contributed by atoms with Gasteiger partial charge in [-0.1, -0.05) is 30.3 Å². The van der Waals surface area contributed by atoms with Crippen LogP contribution in [0, 0.1) is 6.42 Å². The molecule has 16 heavy (non-hydrogen) atoms. The fraction of sp³-hybridized carbons (Fsp3) is 0.385. The number of benzene rings is 1. The molecule has 1 aromatic carbocycles. The van der Waals surface area contributed by atoms with Gasteiger partial charge in [0, 0.05) is 11.5 Å². The van der Waals surface area contributed by atoms with E-state index in [-0.39, 0.29) is 11.4 Å². The molecule has 1 heterocycles. The Morgan fingerprint density at radius 2 is 2.12 bits per heavy atom. The first-order valence-corrected chi connectivity index (χ1v) is 6.60. The van der Waals surface area contributed by atoms with Crippen molar-refractivity contribution in [3.8, 4) is 0 Å².